The van der Waals surface area contributed by atoms with Crippen LogP contribution in [0.1, 0.15) is 12.5 Å². The van der Waals surface area contributed by atoms with Crippen LogP contribution in [0.4, 0.5) is 14.5 Å². The minimum Gasteiger partial charge on any atom is -0.492 e. The summed E-state index contributed by atoms with van der Waals surface area (Å²) in [6.45, 7) is 2.98. The number of carbonyl (C=O) groups excluding carboxylic acids is 1. The number of rotatable bonds is 7. The molecule has 1 amide bonds. The predicted octanol–water partition coefficient (Wildman–Crippen LogP) is 3.04. The van der Waals surface area contributed by atoms with Crippen molar-refractivity contribution in [1.29, 1.82) is 0 Å². The molecule has 1 N–H and O–H groups in total. The lowest BCUT2D eigenvalue weighted by molar-refractivity contribution is -0.111. The van der Waals surface area contributed by atoms with Crippen molar-refractivity contribution in [2.75, 3.05) is 38.2 Å². The van der Waals surface area contributed by atoms with E-state index in [4.69, 9.17) is 9.47 Å². The highest BCUT2D eigenvalue weighted by atomic mass is 32.2. The molecule has 1 aliphatic rings. The van der Waals surface area contributed by atoms with E-state index in [0.29, 0.717) is 0 Å². The number of anilines is 1. The van der Waals surface area contributed by atoms with Crippen molar-refractivity contribution < 1.29 is 31.5 Å². The maximum Gasteiger partial charge on any atom is 0.248 e. The monoisotopic (exact) mass is 452 g/mol. The fraction of sp³-hybridized carbons (Fsp3) is 0.286. The second-order valence-corrected chi connectivity index (χ2v) is 8.48. The Morgan fingerprint density at radius 1 is 1.19 bits per heavy atom. The Kier molecular flexibility index (Phi) is 7.37. The summed E-state index contributed by atoms with van der Waals surface area (Å²) in [5, 5.41) is 2.50. The number of ether oxygens (including phenoxy) is 2. The van der Waals surface area contributed by atoms with Crippen molar-refractivity contribution in [3.05, 3.63) is 59.7 Å². The summed E-state index contributed by atoms with van der Waals surface area (Å²) in [6.07, 6.45) is 1.98. The Labute approximate surface area is 179 Å². The molecule has 166 valence electrons. The van der Waals surface area contributed by atoms with Gasteiger partial charge in [-0.15, -0.1) is 0 Å². The van der Waals surface area contributed by atoms with Crippen LogP contribution in [0, 0.1) is 11.6 Å². The highest BCUT2D eigenvalue weighted by molar-refractivity contribution is 7.89. The van der Waals surface area contributed by atoms with E-state index in [1.54, 1.807) is 6.92 Å². The first-order valence-electron chi connectivity index (χ1n) is 9.60. The van der Waals surface area contributed by atoms with Gasteiger partial charge in [-0.25, -0.2) is 17.2 Å². The van der Waals surface area contributed by atoms with Crippen LogP contribution in [-0.2, 0) is 19.6 Å². The third kappa shape index (κ3) is 5.46. The van der Waals surface area contributed by atoms with Crippen molar-refractivity contribution in [3.8, 4) is 5.75 Å². The van der Waals surface area contributed by atoms with Gasteiger partial charge in [-0.05, 0) is 43.3 Å². The normalized spacial score (nSPS) is 15.2. The maximum atomic E-state index is 13.7. The Hall–Kier alpha value is -2.82. The van der Waals surface area contributed by atoms with Gasteiger partial charge < -0.3 is 14.8 Å². The Bertz CT molecular complexity index is 1060. The molecule has 2 aromatic carbocycles. The van der Waals surface area contributed by atoms with Gasteiger partial charge in [0.05, 0.1) is 19.8 Å². The van der Waals surface area contributed by atoms with Gasteiger partial charge in [0.2, 0.25) is 15.9 Å². The lowest BCUT2D eigenvalue weighted by atomic mass is 10.2. The number of amides is 1. The van der Waals surface area contributed by atoms with Crippen LogP contribution in [0.25, 0.3) is 6.08 Å². The van der Waals surface area contributed by atoms with Crippen LogP contribution in [0.3, 0.4) is 0 Å². The third-order valence-corrected chi connectivity index (χ3v) is 6.42. The van der Waals surface area contributed by atoms with Crippen LogP contribution in [-0.4, -0.2) is 51.5 Å². The molecule has 0 radical (unpaired) electrons. The average Bonchev–Trinajstić information content (AvgIpc) is 2.75. The van der Waals surface area contributed by atoms with E-state index in [9.17, 15) is 22.0 Å². The van der Waals surface area contributed by atoms with E-state index in [-0.39, 0.29) is 54.8 Å². The van der Waals surface area contributed by atoms with E-state index in [0.717, 1.165) is 24.3 Å². The van der Waals surface area contributed by atoms with Gasteiger partial charge in [-0.1, -0.05) is 6.07 Å². The van der Waals surface area contributed by atoms with Crippen molar-refractivity contribution in [2.24, 2.45) is 0 Å². The molecular weight excluding hydrogens is 430 g/mol. The van der Waals surface area contributed by atoms with E-state index in [1.165, 1.54) is 28.6 Å². The predicted molar refractivity (Wildman–Crippen MR) is 111 cm³/mol. The minimum atomic E-state index is -3.88. The molecule has 0 aromatic heterocycles. The number of sulfonamides is 1. The lowest BCUT2D eigenvalue weighted by Crippen LogP contribution is -2.40. The average molecular weight is 452 g/mol. The number of hydrogen-bond donors (Lipinski definition) is 1. The second kappa shape index (κ2) is 9.99. The zero-order valence-corrected chi connectivity index (χ0v) is 17.6. The summed E-state index contributed by atoms with van der Waals surface area (Å²) in [5.74, 6) is -2.12. The number of morpholine rings is 1. The number of hydrogen-bond acceptors (Lipinski definition) is 5. The minimum absolute atomic E-state index is 0.0850. The smallest absolute Gasteiger partial charge is 0.248 e. The lowest BCUT2D eigenvalue weighted by Gasteiger charge is -2.27. The Morgan fingerprint density at radius 2 is 1.87 bits per heavy atom. The molecule has 0 bridgehead atoms. The van der Waals surface area contributed by atoms with Crippen molar-refractivity contribution >= 4 is 27.7 Å². The number of nitrogens with one attached hydrogen (secondary N) is 1. The van der Waals surface area contributed by atoms with Gasteiger partial charge >= 0.3 is 0 Å². The molecule has 0 spiro atoms. The van der Waals surface area contributed by atoms with Gasteiger partial charge in [-0.3, -0.25) is 4.79 Å². The van der Waals surface area contributed by atoms with Crippen LogP contribution >= 0.6 is 0 Å². The van der Waals surface area contributed by atoms with Crippen molar-refractivity contribution in [3.63, 3.8) is 0 Å². The molecule has 1 saturated heterocycles. The fourth-order valence-corrected chi connectivity index (χ4v) is 4.57. The zero-order chi connectivity index (χ0) is 22.4. The Morgan fingerprint density at radius 3 is 2.52 bits per heavy atom. The van der Waals surface area contributed by atoms with E-state index < -0.39 is 27.6 Å². The first-order chi connectivity index (χ1) is 14.8. The summed E-state index contributed by atoms with van der Waals surface area (Å²) in [4.78, 5) is 12.1. The van der Waals surface area contributed by atoms with Crippen molar-refractivity contribution in [1.82, 2.24) is 4.31 Å². The van der Waals surface area contributed by atoms with Crippen LogP contribution in [0.5, 0.6) is 5.75 Å². The Balaban J connectivity index is 1.84. The molecule has 3 rings (SSSR count). The number of carbonyl (C=O) groups is 1. The molecule has 0 atom stereocenters. The van der Waals surface area contributed by atoms with Crippen LogP contribution < -0.4 is 10.1 Å². The third-order valence-electron chi connectivity index (χ3n) is 4.50. The zero-order valence-electron chi connectivity index (χ0n) is 16.8. The molecule has 31 heavy (non-hydrogen) atoms. The molecule has 0 aliphatic carbocycles. The molecular formula is C21H22F2N2O5S. The van der Waals surface area contributed by atoms with Crippen molar-refractivity contribution in [2.45, 2.75) is 11.8 Å². The van der Waals surface area contributed by atoms with Gasteiger partial charge in [-0.2, -0.15) is 4.31 Å². The molecule has 1 heterocycles. The fourth-order valence-electron chi connectivity index (χ4n) is 3.00. The van der Waals surface area contributed by atoms with Gasteiger partial charge in [0.1, 0.15) is 22.3 Å². The number of benzene rings is 2. The van der Waals surface area contributed by atoms with Gasteiger partial charge in [0, 0.05) is 30.4 Å². The molecule has 10 heteroatoms. The SMILES string of the molecule is CCOc1ccc(NC(=O)/C=C/c2c(F)cccc2F)cc1S(=O)(=O)N1CCOCC1. The largest absolute Gasteiger partial charge is 0.492 e. The molecule has 7 nitrogen and oxygen atoms in total. The summed E-state index contributed by atoms with van der Waals surface area (Å²) in [5.41, 5.74) is -0.154. The topological polar surface area (TPSA) is 84.9 Å². The molecule has 2 aromatic rings. The van der Waals surface area contributed by atoms with E-state index in [1.807, 2.05) is 0 Å². The van der Waals surface area contributed by atoms with Gasteiger partial charge in [0.25, 0.3) is 0 Å². The first-order valence-corrected chi connectivity index (χ1v) is 11.0. The van der Waals surface area contributed by atoms with Gasteiger partial charge in [0.15, 0.2) is 0 Å². The van der Waals surface area contributed by atoms with Crippen LogP contribution in [0.2, 0.25) is 0 Å². The summed E-state index contributed by atoms with van der Waals surface area (Å²) in [6, 6.07) is 7.61. The standard InChI is InChI=1S/C21H22F2N2O5S/c1-2-30-19-8-6-15(14-20(19)31(27,28)25-10-12-29-13-11-25)24-21(26)9-7-16-17(22)4-3-5-18(16)23/h3-9,14H,2,10-13H2,1H3,(H,24,26)/b9-7+. The summed E-state index contributed by atoms with van der Waals surface area (Å²) < 4.78 is 65.5. The summed E-state index contributed by atoms with van der Waals surface area (Å²) in [7, 11) is -3.88. The highest BCUT2D eigenvalue weighted by Gasteiger charge is 2.29. The number of nitrogens with zero attached hydrogens (tertiary/aromatic N) is 1. The first kappa shape index (κ1) is 22.9. The molecule has 0 saturated carbocycles. The summed E-state index contributed by atoms with van der Waals surface area (Å²) >= 11 is 0. The van der Waals surface area contributed by atoms with E-state index in [2.05, 4.69) is 5.32 Å². The molecule has 1 fully saturated rings. The highest BCUT2D eigenvalue weighted by Crippen LogP contribution is 2.30. The van der Waals surface area contributed by atoms with E-state index >= 15 is 0 Å². The molecule has 1 aliphatic heterocycles. The second-order valence-electron chi connectivity index (χ2n) is 6.57. The maximum absolute atomic E-state index is 13.7. The number of halogens is 2. The molecule has 0 unspecified atom stereocenters. The quantitative estimate of drug-likeness (QED) is 0.653. The van der Waals surface area contributed by atoms with Crippen LogP contribution in [0.15, 0.2) is 47.4 Å².